The number of ether oxygens (including phenoxy) is 2. The van der Waals surface area contributed by atoms with Gasteiger partial charge in [-0.05, 0) is 37.3 Å². The predicted molar refractivity (Wildman–Crippen MR) is 107 cm³/mol. The second kappa shape index (κ2) is 6.87. The molecule has 4 fully saturated rings. The van der Waals surface area contributed by atoms with Crippen molar-refractivity contribution >= 4 is 23.6 Å². The van der Waals surface area contributed by atoms with Crippen molar-refractivity contribution in [2.45, 2.75) is 31.4 Å². The van der Waals surface area contributed by atoms with Gasteiger partial charge in [0.15, 0.2) is 5.72 Å². The Morgan fingerprint density at radius 2 is 2.14 bits per heavy atom. The van der Waals surface area contributed by atoms with Gasteiger partial charge in [0.05, 0.1) is 12.7 Å². The topological polar surface area (TPSA) is 67.9 Å². The Labute approximate surface area is 169 Å². The van der Waals surface area contributed by atoms with E-state index in [4.69, 9.17) is 9.47 Å². The van der Waals surface area contributed by atoms with Gasteiger partial charge in [-0.1, -0.05) is 0 Å². The van der Waals surface area contributed by atoms with Crippen LogP contribution in [0.4, 0.5) is 0 Å². The summed E-state index contributed by atoms with van der Waals surface area (Å²) >= 11 is 1.92. The van der Waals surface area contributed by atoms with Crippen LogP contribution in [0.15, 0.2) is 18.2 Å². The van der Waals surface area contributed by atoms with Crippen LogP contribution in [0.5, 0.6) is 11.5 Å². The van der Waals surface area contributed by atoms with E-state index >= 15 is 0 Å². The molecule has 0 unspecified atom stereocenters. The Morgan fingerprint density at radius 1 is 1.32 bits per heavy atom. The third kappa shape index (κ3) is 2.86. The summed E-state index contributed by atoms with van der Waals surface area (Å²) in [5.74, 6) is 4.06. The van der Waals surface area contributed by atoms with Crippen LogP contribution in [0.3, 0.4) is 0 Å². The average Bonchev–Trinajstić information content (AvgIpc) is 2.73. The van der Waals surface area contributed by atoms with Crippen LogP contribution < -0.4 is 14.8 Å². The van der Waals surface area contributed by atoms with Crippen LogP contribution in [0, 0.1) is 17.8 Å². The van der Waals surface area contributed by atoms with Crippen molar-refractivity contribution in [3.8, 4) is 11.5 Å². The van der Waals surface area contributed by atoms with Gasteiger partial charge in [-0.25, -0.2) is 0 Å². The number of hydrogen-bond donors (Lipinski definition) is 1. The van der Waals surface area contributed by atoms with Crippen molar-refractivity contribution in [3.05, 3.63) is 23.8 Å². The molecule has 7 heteroatoms. The van der Waals surface area contributed by atoms with Gasteiger partial charge in [-0.15, -0.1) is 0 Å². The maximum absolute atomic E-state index is 13.1. The van der Waals surface area contributed by atoms with Gasteiger partial charge in [0, 0.05) is 48.9 Å². The molecule has 2 amide bonds. The van der Waals surface area contributed by atoms with Crippen molar-refractivity contribution in [2.75, 3.05) is 31.7 Å². The van der Waals surface area contributed by atoms with Gasteiger partial charge < -0.3 is 19.7 Å². The number of methoxy groups -OCH3 is 1. The predicted octanol–water partition coefficient (Wildman–Crippen LogP) is 2.53. The summed E-state index contributed by atoms with van der Waals surface area (Å²) in [6.07, 6.45) is 3.53. The molecule has 5 aliphatic rings. The summed E-state index contributed by atoms with van der Waals surface area (Å²) in [4.78, 5) is 28.0. The molecule has 28 heavy (non-hydrogen) atoms. The van der Waals surface area contributed by atoms with E-state index in [2.05, 4.69) is 10.2 Å². The van der Waals surface area contributed by atoms with E-state index in [0.29, 0.717) is 29.4 Å². The van der Waals surface area contributed by atoms with Gasteiger partial charge in [0.1, 0.15) is 11.5 Å². The summed E-state index contributed by atoms with van der Waals surface area (Å²) in [5, 5.41) is 3.17. The first kappa shape index (κ1) is 18.2. The highest BCUT2D eigenvalue weighted by Crippen LogP contribution is 2.53. The molecular formula is C21H26N2O4S. The SMILES string of the molecule is COc1ccc2c(c1)O[C@]1(C[C@H]3CC[C@H]1C[C@H]3C(=O)N1CCSCC1)NC2=O. The largest absolute Gasteiger partial charge is 0.497 e. The molecule has 2 heterocycles. The van der Waals surface area contributed by atoms with Crippen molar-refractivity contribution in [3.63, 3.8) is 0 Å². The Bertz CT molecular complexity index is 810. The molecular weight excluding hydrogens is 376 g/mol. The summed E-state index contributed by atoms with van der Waals surface area (Å²) in [7, 11) is 1.61. The summed E-state index contributed by atoms with van der Waals surface area (Å²) in [6.45, 7) is 1.73. The first-order valence-corrected chi connectivity index (χ1v) is 11.3. The monoisotopic (exact) mass is 402 g/mol. The molecule has 3 saturated carbocycles. The fourth-order valence-electron chi connectivity index (χ4n) is 5.44. The quantitative estimate of drug-likeness (QED) is 0.823. The normalized spacial score (nSPS) is 33.8. The van der Waals surface area contributed by atoms with Crippen molar-refractivity contribution in [1.29, 1.82) is 0 Å². The number of nitrogens with zero attached hydrogens (tertiary/aromatic N) is 1. The lowest BCUT2D eigenvalue weighted by atomic mass is 9.59. The molecule has 150 valence electrons. The zero-order valence-electron chi connectivity index (χ0n) is 16.1. The zero-order valence-corrected chi connectivity index (χ0v) is 16.9. The first-order valence-electron chi connectivity index (χ1n) is 10.2. The molecule has 1 aromatic carbocycles. The number of fused-ring (bicyclic) bond motifs is 3. The van der Waals surface area contributed by atoms with Gasteiger partial charge in [-0.3, -0.25) is 9.59 Å². The summed E-state index contributed by atoms with van der Waals surface area (Å²) in [6, 6.07) is 5.32. The Kier molecular flexibility index (Phi) is 4.45. The van der Waals surface area contributed by atoms with E-state index in [-0.39, 0.29) is 23.7 Å². The number of thioether (sulfide) groups is 1. The first-order chi connectivity index (χ1) is 13.6. The minimum absolute atomic E-state index is 0.0692. The lowest BCUT2D eigenvalue weighted by Gasteiger charge is -2.55. The fourth-order valence-corrected chi connectivity index (χ4v) is 6.34. The van der Waals surface area contributed by atoms with Crippen LogP contribution in [0.1, 0.15) is 36.0 Å². The van der Waals surface area contributed by atoms with Crippen LogP contribution in [0.25, 0.3) is 0 Å². The third-order valence-electron chi connectivity index (χ3n) is 6.91. The molecule has 1 spiro atoms. The van der Waals surface area contributed by atoms with E-state index in [1.807, 2.05) is 11.8 Å². The van der Waals surface area contributed by atoms with Gasteiger partial charge in [0.25, 0.3) is 5.91 Å². The Balaban J connectivity index is 1.38. The maximum atomic E-state index is 13.1. The number of carbonyl (C=O) groups is 2. The molecule has 6 rings (SSSR count). The molecule has 0 radical (unpaired) electrons. The standard InChI is InChI=1S/C21H26N2O4S/c1-26-15-4-5-16-18(11-15)27-21(22-19(16)24)12-13-2-3-14(21)10-17(13)20(25)23-6-8-28-9-7-23/h4-5,11,13-14,17H,2-3,6-10,12H2,1H3,(H,22,24)/t13-,14+,17-,21+/m1/s1. The number of benzene rings is 1. The smallest absolute Gasteiger partial charge is 0.258 e. The van der Waals surface area contributed by atoms with Crippen LogP contribution in [-0.4, -0.2) is 54.1 Å². The Hall–Kier alpha value is -1.89. The van der Waals surface area contributed by atoms with E-state index in [1.54, 1.807) is 25.3 Å². The van der Waals surface area contributed by atoms with Gasteiger partial charge >= 0.3 is 0 Å². The highest BCUT2D eigenvalue weighted by molar-refractivity contribution is 7.99. The molecule has 1 aromatic rings. The molecule has 2 aliphatic heterocycles. The summed E-state index contributed by atoms with van der Waals surface area (Å²) < 4.78 is 11.7. The Morgan fingerprint density at radius 3 is 2.86 bits per heavy atom. The molecule has 0 aromatic heterocycles. The van der Waals surface area contributed by atoms with Crippen LogP contribution >= 0.6 is 11.8 Å². The fraction of sp³-hybridized carbons (Fsp3) is 0.619. The average molecular weight is 403 g/mol. The molecule has 3 aliphatic carbocycles. The highest BCUT2D eigenvalue weighted by atomic mass is 32.2. The molecule has 1 saturated heterocycles. The third-order valence-corrected chi connectivity index (χ3v) is 7.85. The lowest BCUT2D eigenvalue weighted by molar-refractivity contribution is -0.155. The number of hydrogen-bond acceptors (Lipinski definition) is 5. The number of rotatable bonds is 2. The maximum Gasteiger partial charge on any atom is 0.258 e. The molecule has 4 atom stereocenters. The second-order valence-corrected chi connectivity index (χ2v) is 9.55. The number of carbonyl (C=O) groups excluding carboxylic acids is 2. The second-order valence-electron chi connectivity index (χ2n) is 8.33. The number of nitrogens with one attached hydrogen (secondary N) is 1. The van der Waals surface area contributed by atoms with Crippen LogP contribution in [-0.2, 0) is 4.79 Å². The van der Waals surface area contributed by atoms with E-state index < -0.39 is 5.72 Å². The van der Waals surface area contributed by atoms with Crippen molar-refractivity contribution in [2.24, 2.45) is 17.8 Å². The van der Waals surface area contributed by atoms with Crippen molar-refractivity contribution in [1.82, 2.24) is 10.2 Å². The van der Waals surface area contributed by atoms with Crippen LogP contribution in [0.2, 0.25) is 0 Å². The van der Waals surface area contributed by atoms with E-state index in [1.165, 1.54) is 0 Å². The zero-order chi connectivity index (χ0) is 19.3. The summed E-state index contributed by atoms with van der Waals surface area (Å²) in [5.41, 5.74) is -0.139. The minimum Gasteiger partial charge on any atom is -0.497 e. The van der Waals surface area contributed by atoms with Gasteiger partial charge in [-0.2, -0.15) is 11.8 Å². The van der Waals surface area contributed by atoms with Gasteiger partial charge in [0.2, 0.25) is 5.91 Å². The minimum atomic E-state index is -0.687. The van der Waals surface area contributed by atoms with E-state index in [0.717, 1.165) is 43.9 Å². The van der Waals surface area contributed by atoms with Crippen molar-refractivity contribution < 1.29 is 19.1 Å². The molecule has 6 nitrogen and oxygen atoms in total. The molecule has 2 bridgehead atoms. The van der Waals surface area contributed by atoms with E-state index in [9.17, 15) is 9.59 Å². The lowest BCUT2D eigenvalue weighted by Crippen LogP contribution is -2.67. The molecule has 1 N–H and O–H groups in total. The number of amides is 2. The highest BCUT2D eigenvalue weighted by Gasteiger charge is 2.57.